The largest absolute Gasteiger partial charge is 0.350 e. The number of amides is 2. The van der Waals surface area contributed by atoms with Gasteiger partial charge in [0.1, 0.15) is 0 Å². The van der Waals surface area contributed by atoms with E-state index in [4.69, 9.17) is 17.3 Å². The number of aromatic nitrogens is 2. The Labute approximate surface area is 195 Å². The minimum Gasteiger partial charge on any atom is -0.350 e. The van der Waals surface area contributed by atoms with Crippen LogP contribution in [0.4, 0.5) is 0 Å². The van der Waals surface area contributed by atoms with E-state index in [1.165, 1.54) is 0 Å². The summed E-state index contributed by atoms with van der Waals surface area (Å²) in [5.41, 5.74) is 10.5. The van der Waals surface area contributed by atoms with Gasteiger partial charge in [-0.15, -0.1) is 0 Å². The van der Waals surface area contributed by atoms with E-state index in [1.807, 2.05) is 66.5 Å². The summed E-state index contributed by atoms with van der Waals surface area (Å²) in [6.07, 6.45) is 6.75. The van der Waals surface area contributed by atoms with E-state index < -0.39 is 0 Å². The van der Waals surface area contributed by atoms with Gasteiger partial charge in [0, 0.05) is 69.5 Å². The molecule has 1 aliphatic heterocycles. The second kappa shape index (κ2) is 7.33. The zero-order chi connectivity index (χ0) is 22.9. The van der Waals surface area contributed by atoms with Crippen LogP contribution in [0.1, 0.15) is 36.4 Å². The first-order chi connectivity index (χ1) is 15.9. The minimum absolute atomic E-state index is 0.171. The maximum atomic E-state index is 13.2. The van der Waals surface area contributed by atoms with E-state index in [9.17, 15) is 9.59 Å². The molecule has 2 atom stereocenters. The van der Waals surface area contributed by atoms with Crippen LogP contribution in [0.15, 0.2) is 54.9 Å². The van der Waals surface area contributed by atoms with Gasteiger partial charge in [-0.3, -0.25) is 14.9 Å². The molecule has 1 fully saturated rings. The Balaban J connectivity index is 1.65. The molecule has 1 aliphatic carbocycles. The van der Waals surface area contributed by atoms with Crippen LogP contribution in [0.3, 0.4) is 0 Å². The van der Waals surface area contributed by atoms with Crippen LogP contribution in [-0.4, -0.2) is 27.0 Å². The third-order valence-electron chi connectivity index (χ3n) is 7.00. The number of rotatable bonds is 3. The first-order valence-electron chi connectivity index (χ1n) is 11.1. The zero-order valence-corrected chi connectivity index (χ0v) is 18.9. The van der Waals surface area contributed by atoms with Crippen LogP contribution in [-0.2, 0) is 16.6 Å². The molecule has 3 heterocycles. The van der Waals surface area contributed by atoms with Gasteiger partial charge in [0.25, 0.3) is 11.8 Å². The van der Waals surface area contributed by atoms with E-state index in [2.05, 4.69) is 9.88 Å². The Kier molecular flexibility index (Phi) is 4.50. The molecule has 0 bridgehead atoms. The zero-order valence-electron chi connectivity index (χ0n) is 18.1. The lowest BCUT2D eigenvalue weighted by molar-refractivity contribution is -0.122. The maximum absolute atomic E-state index is 13.2. The molecule has 2 aromatic heterocycles. The molecule has 3 N–H and O–H groups in total. The average Bonchev–Trinajstić information content (AvgIpc) is 3.52. The molecule has 6 nitrogen and oxygen atoms in total. The van der Waals surface area contributed by atoms with E-state index in [-0.39, 0.29) is 23.9 Å². The molecule has 6 rings (SSSR count). The Bertz CT molecular complexity index is 1510. The highest BCUT2D eigenvalue weighted by Gasteiger charge is 2.36. The van der Waals surface area contributed by atoms with Gasteiger partial charge in [-0.05, 0) is 43.5 Å². The van der Waals surface area contributed by atoms with Crippen LogP contribution < -0.4 is 11.1 Å². The number of nitrogens with two attached hydrogens (primary N) is 1. The number of benzene rings is 2. The van der Waals surface area contributed by atoms with Crippen LogP contribution >= 0.6 is 11.6 Å². The van der Waals surface area contributed by atoms with Gasteiger partial charge in [-0.2, -0.15) is 0 Å². The van der Waals surface area contributed by atoms with Gasteiger partial charge in [0.15, 0.2) is 0 Å². The van der Waals surface area contributed by atoms with Crippen molar-refractivity contribution in [2.75, 3.05) is 0 Å². The Morgan fingerprint density at radius 3 is 2.39 bits per heavy atom. The third kappa shape index (κ3) is 3.05. The molecule has 4 aromatic rings. The number of aryl methyl sites for hydroxylation is 1. The molecular formula is C26H23ClN4O2. The number of carbonyl (C=O) groups excluding carboxylic acids is 2. The number of hydrogen-bond donors (Lipinski definition) is 2. The van der Waals surface area contributed by atoms with E-state index >= 15 is 0 Å². The number of hydrogen-bond acceptors (Lipinski definition) is 3. The van der Waals surface area contributed by atoms with Crippen molar-refractivity contribution in [3.8, 4) is 0 Å². The molecule has 166 valence electrons. The van der Waals surface area contributed by atoms with E-state index in [0.29, 0.717) is 16.2 Å². The fourth-order valence-corrected chi connectivity index (χ4v) is 5.66. The summed E-state index contributed by atoms with van der Waals surface area (Å²) in [5.74, 6) is -0.762. The van der Waals surface area contributed by atoms with Gasteiger partial charge in [-0.25, -0.2) is 0 Å². The van der Waals surface area contributed by atoms with Gasteiger partial charge in [-0.1, -0.05) is 29.8 Å². The highest BCUT2D eigenvalue weighted by atomic mass is 35.5. The van der Waals surface area contributed by atoms with Crippen molar-refractivity contribution in [1.82, 2.24) is 14.5 Å². The fraction of sp³-hybridized carbons (Fsp3) is 0.231. The molecule has 33 heavy (non-hydrogen) atoms. The lowest BCUT2D eigenvalue weighted by atomic mass is 9.95. The highest BCUT2D eigenvalue weighted by Crippen LogP contribution is 2.41. The van der Waals surface area contributed by atoms with Crippen molar-refractivity contribution in [1.29, 1.82) is 0 Å². The molecule has 2 amide bonds. The Hall–Kier alpha value is -3.35. The lowest BCUT2D eigenvalue weighted by Gasteiger charge is -2.13. The van der Waals surface area contributed by atoms with Crippen molar-refractivity contribution in [3.63, 3.8) is 0 Å². The predicted molar refractivity (Wildman–Crippen MR) is 131 cm³/mol. The number of fused-ring (bicyclic) bond motifs is 2. The number of para-hydroxylation sites is 1. The Morgan fingerprint density at radius 1 is 0.939 bits per heavy atom. The number of carbonyl (C=O) groups is 2. The predicted octanol–water partition coefficient (Wildman–Crippen LogP) is 4.41. The average molecular weight is 459 g/mol. The first-order valence-corrected chi connectivity index (χ1v) is 11.5. The maximum Gasteiger partial charge on any atom is 0.259 e. The molecule has 0 spiro atoms. The van der Waals surface area contributed by atoms with Crippen molar-refractivity contribution >= 4 is 56.4 Å². The van der Waals surface area contributed by atoms with Crippen LogP contribution in [0.2, 0.25) is 5.02 Å². The van der Waals surface area contributed by atoms with Gasteiger partial charge >= 0.3 is 0 Å². The van der Waals surface area contributed by atoms with Crippen molar-refractivity contribution in [3.05, 3.63) is 71.0 Å². The SMILES string of the molecule is Cn1cc(C2=C(c3cn(C4CCC(N)C4)c4ccc(Cl)cc34)C(=O)NC2=O)c2ccccc21. The summed E-state index contributed by atoms with van der Waals surface area (Å²) in [6.45, 7) is 0. The van der Waals surface area contributed by atoms with Gasteiger partial charge in [0.05, 0.1) is 11.1 Å². The van der Waals surface area contributed by atoms with E-state index in [1.54, 1.807) is 0 Å². The number of imide groups is 1. The number of nitrogens with one attached hydrogen (secondary N) is 1. The topological polar surface area (TPSA) is 82.0 Å². The summed E-state index contributed by atoms with van der Waals surface area (Å²) in [7, 11) is 1.94. The molecule has 2 aromatic carbocycles. The van der Waals surface area contributed by atoms with Crippen LogP contribution in [0.5, 0.6) is 0 Å². The van der Waals surface area contributed by atoms with Crippen molar-refractivity contribution < 1.29 is 9.59 Å². The summed E-state index contributed by atoms with van der Waals surface area (Å²) < 4.78 is 4.18. The lowest BCUT2D eigenvalue weighted by Crippen LogP contribution is -2.22. The minimum atomic E-state index is -0.384. The monoisotopic (exact) mass is 458 g/mol. The normalized spacial score (nSPS) is 21.1. The smallest absolute Gasteiger partial charge is 0.259 e. The quantitative estimate of drug-likeness (QED) is 0.446. The second-order valence-corrected chi connectivity index (χ2v) is 9.48. The van der Waals surface area contributed by atoms with Crippen LogP contribution in [0, 0.1) is 0 Å². The molecule has 2 unspecified atom stereocenters. The third-order valence-corrected chi connectivity index (χ3v) is 7.24. The molecule has 2 aliphatic rings. The second-order valence-electron chi connectivity index (χ2n) is 9.04. The summed E-state index contributed by atoms with van der Waals surface area (Å²) in [6, 6.07) is 14.0. The molecule has 0 radical (unpaired) electrons. The number of nitrogens with zero attached hydrogens (tertiary/aromatic N) is 2. The first kappa shape index (κ1) is 20.3. The summed E-state index contributed by atoms with van der Waals surface area (Å²) >= 11 is 6.37. The molecule has 0 saturated heterocycles. The van der Waals surface area contributed by atoms with Crippen molar-refractivity contribution in [2.24, 2.45) is 12.8 Å². The fourth-order valence-electron chi connectivity index (χ4n) is 5.48. The van der Waals surface area contributed by atoms with Gasteiger partial charge < -0.3 is 14.9 Å². The number of halogens is 1. The molecule has 1 saturated carbocycles. The summed E-state index contributed by atoms with van der Waals surface area (Å²) in [5, 5.41) is 4.91. The highest BCUT2D eigenvalue weighted by molar-refractivity contribution is 6.51. The molecule has 7 heteroatoms. The van der Waals surface area contributed by atoms with Crippen LogP contribution in [0.25, 0.3) is 33.0 Å². The molecular weight excluding hydrogens is 436 g/mol. The van der Waals surface area contributed by atoms with Crippen molar-refractivity contribution in [2.45, 2.75) is 31.3 Å². The standard InChI is InChI=1S/C26H23ClN4O2/c1-30-12-19(17-4-2-3-5-21(17)30)23-24(26(33)29-25(23)32)20-13-31(16-8-7-15(28)11-16)22-9-6-14(27)10-18(20)22/h2-6,9-10,12-13,15-16H,7-8,11,28H2,1H3,(H,29,32,33). The summed E-state index contributed by atoms with van der Waals surface area (Å²) in [4.78, 5) is 26.2. The van der Waals surface area contributed by atoms with E-state index in [0.717, 1.165) is 52.2 Å². The Morgan fingerprint density at radius 2 is 1.67 bits per heavy atom. The van der Waals surface area contributed by atoms with Gasteiger partial charge in [0.2, 0.25) is 0 Å².